The van der Waals surface area contributed by atoms with Crippen LogP contribution in [0, 0.1) is 0 Å². The van der Waals surface area contributed by atoms with Crippen molar-refractivity contribution in [2.75, 3.05) is 91.6 Å². The van der Waals surface area contributed by atoms with Gasteiger partial charge in [-0.2, -0.15) is 0 Å². The number of carboxylic acid groups (broad SMARTS) is 4. The molecule has 0 bridgehead atoms. The zero-order chi connectivity index (χ0) is 28.4. The molecule has 0 heterocycles. The van der Waals surface area contributed by atoms with Crippen molar-refractivity contribution in [1.29, 1.82) is 0 Å². The van der Waals surface area contributed by atoms with Gasteiger partial charge in [0.1, 0.15) is 5.78 Å². The van der Waals surface area contributed by atoms with Gasteiger partial charge >= 0.3 is 0 Å². The molecule has 0 aliphatic rings. The van der Waals surface area contributed by atoms with Crippen molar-refractivity contribution in [3.63, 3.8) is 0 Å². The molecule has 37 heavy (non-hydrogen) atoms. The molecule has 3 N–H and O–H groups in total. The van der Waals surface area contributed by atoms with Gasteiger partial charge in [0.05, 0.1) is 37.0 Å². The Kier molecular flexibility index (Phi) is 17.4. The van der Waals surface area contributed by atoms with Crippen LogP contribution in [0.5, 0.6) is 0 Å². The van der Waals surface area contributed by atoms with Crippen molar-refractivity contribution in [2.45, 2.75) is 6.92 Å². The van der Waals surface area contributed by atoms with Gasteiger partial charge in [0, 0.05) is 78.5 Å². The molecule has 0 spiro atoms. The highest BCUT2D eigenvalue weighted by molar-refractivity contribution is 5.79. The molecule has 0 fully saturated rings. The molecular weight excluding hydrogens is 496 g/mol. The molecule has 0 aromatic rings. The van der Waals surface area contributed by atoms with E-state index in [1.807, 2.05) is 0 Å². The molecule has 0 radical (unpaired) electrons. The molecule has 16 nitrogen and oxygen atoms in total. The van der Waals surface area contributed by atoms with E-state index in [0.717, 1.165) is 0 Å². The fourth-order valence-corrected chi connectivity index (χ4v) is 3.33. The number of aliphatic carboxylic acids is 4. The first-order valence-electron chi connectivity index (χ1n) is 11.5. The summed E-state index contributed by atoms with van der Waals surface area (Å²) in [5, 5.41) is 46.8. The Hall–Kier alpha value is -3.18. The maximum absolute atomic E-state index is 11.9. The summed E-state index contributed by atoms with van der Waals surface area (Å²) < 4.78 is 0. The first-order chi connectivity index (χ1) is 17.3. The first-order valence-corrected chi connectivity index (χ1v) is 11.5. The molecule has 212 valence electrons. The molecule has 0 unspecified atom stereocenters. The van der Waals surface area contributed by atoms with Crippen LogP contribution in [-0.4, -0.2) is 147 Å². The van der Waals surface area contributed by atoms with Gasteiger partial charge in [-0.25, -0.2) is 0 Å². The lowest BCUT2D eigenvalue weighted by Gasteiger charge is -2.31. The third-order valence-electron chi connectivity index (χ3n) is 4.89. The molecule has 0 atom stereocenters. The van der Waals surface area contributed by atoms with Crippen LogP contribution in [0.3, 0.4) is 0 Å². The van der Waals surface area contributed by atoms with Crippen LogP contribution in [0.25, 0.3) is 0 Å². The molecule has 0 saturated heterocycles. The summed E-state index contributed by atoms with van der Waals surface area (Å²) in [7, 11) is 0. The molecular formula is C21H34N6O10-4. The number of hydrogen-bond acceptors (Lipinski definition) is 15. The monoisotopic (exact) mass is 530 g/mol. The van der Waals surface area contributed by atoms with Crippen LogP contribution in [0.15, 0.2) is 0 Å². The average molecular weight is 531 g/mol. The van der Waals surface area contributed by atoms with E-state index in [2.05, 4.69) is 5.32 Å². The maximum atomic E-state index is 11.9. The van der Waals surface area contributed by atoms with E-state index in [9.17, 15) is 49.2 Å². The molecule has 0 aliphatic carbocycles. The molecule has 0 aliphatic heterocycles. The highest BCUT2D eigenvalue weighted by atomic mass is 16.4. The predicted molar refractivity (Wildman–Crippen MR) is 119 cm³/mol. The number of amides is 1. The smallest absolute Gasteiger partial charge is 0.234 e. The van der Waals surface area contributed by atoms with Gasteiger partial charge in [0.15, 0.2) is 0 Å². The maximum Gasteiger partial charge on any atom is 0.234 e. The van der Waals surface area contributed by atoms with E-state index in [0.29, 0.717) is 0 Å². The van der Waals surface area contributed by atoms with Crippen molar-refractivity contribution < 1.29 is 49.2 Å². The number of hydrogen-bond donors (Lipinski definition) is 2. The molecule has 0 saturated carbocycles. The number of rotatable bonds is 23. The SMILES string of the molecule is CC(=O)CN(CCN(CCN(CCN(CC(=O)[O-])CC(=O)NCCN)CC(=O)[O-])CC(=O)[O-])CC(=O)[O-]. The van der Waals surface area contributed by atoms with E-state index in [-0.39, 0.29) is 71.2 Å². The average Bonchev–Trinajstić information content (AvgIpc) is 2.75. The number of ketones is 1. The highest BCUT2D eigenvalue weighted by Gasteiger charge is 2.16. The largest absolute Gasteiger partial charge is 0.549 e. The fraction of sp³-hybridized carbons (Fsp3) is 0.714. The number of Topliss-reactive ketones (excluding diaryl/α,β-unsaturated/α-hetero) is 1. The second-order valence-corrected chi connectivity index (χ2v) is 8.30. The Morgan fingerprint density at radius 3 is 1.22 bits per heavy atom. The van der Waals surface area contributed by atoms with Crippen LogP contribution in [-0.2, 0) is 28.8 Å². The summed E-state index contributed by atoms with van der Waals surface area (Å²) in [4.78, 5) is 72.9. The molecule has 1 amide bonds. The van der Waals surface area contributed by atoms with E-state index in [4.69, 9.17) is 5.73 Å². The normalized spacial score (nSPS) is 11.3. The second-order valence-electron chi connectivity index (χ2n) is 8.30. The lowest BCUT2D eigenvalue weighted by molar-refractivity contribution is -0.308. The van der Waals surface area contributed by atoms with E-state index in [1.165, 1.54) is 26.5 Å². The van der Waals surface area contributed by atoms with E-state index < -0.39 is 56.0 Å². The Balaban J connectivity index is 5.20. The quantitative estimate of drug-likeness (QED) is 0.124. The van der Waals surface area contributed by atoms with Crippen LogP contribution in [0.1, 0.15) is 6.92 Å². The highest BCUT2D eigenvalue weighted by Crippen LogP contribution is 1.98. The van der Waals surface area contributed by atoms with Gasteiger partial charge in [-0.15, -0.1) is 0 Å². The topological polar surface area (TPSA) is 246 Å². The minimum atomic E-state index is -1.44. The number of nitrogens with two attached hydrogens (primary N) is 1. The molecule has 0 rings (SSSR count). The minimum Gasteiger partial charge on any atom is -0.549 e. The van der Waals surface area contributed by atoms with Crippen LogP contribution in [0.2, 0.25) is 0 Å². The first kappa shape index (κ1) is 33.8. The van der Waals surface area contributed by atoms with Crippen LogP contribution >= 0.6 is 0 Å². The van der Waals surface area contributed by atoms with Gasteiger partial charge in [-0.3, -0.25) is 29.2 Å². The zero-order valence-corrected chi connectivity index (χ0v) is 20.8. The summed E-state index contributed by atoms with van der Waals surface area (Å²) in [5.74, 6) is -6.49. The minimum absolute atomic E-state index is 0.00693. The van der Waals surface area contributed by atoms with Gasteiger partial charge in [0.2, 0.25) is 5.91 Å². The van der Waals surface area contributed by atoms with Gasteiger partial charge in [-0.05, 0) is 6.92 Å². The predicted octanol–water partition coefficient (Wildman–Crippen LogP) is -9.14. The Bertz CT molecular complexity index is 765. The number of carbonyl (C=O) groups excluding carboxylic acids is 6. The Labute approximate surface area is 214 Å². The van der Waals surface area contributed by atoms with Crippen molar-refractivity contribution in [3.05, 3.63) is 0 Å². The summed E-state index contributed by atoms with van der Waals surface area (Å²) in [6.07, 6.45) is 0. The zero-order valence-electron chi connectivity index (χ0n) is 20.8. The van der Waals surface area contributed by atoms with Crippen molar-refractivity contribution in [3.8, 4) is 0 Å². The second kappa shape index (κ2) is 19.0. The summed E-state index contributed by atoms with van der Waals surface area (Å²) >= 11 is 0. The van der Waals surface area contributed by atoms with Crippen molar-refractivity contribution >= 4 is 35.6 Å². The molecule has 16 heteroatoms. The summed E-state index contributed by atoms with van der Waals surface area (Å²) in [5.41, 5.74) is 5.31. The lowest BCUT2D eigenvalue weighted by atomic mass is 10.3. The third-order valence-corrected chi connectivity index (χ3v) is 4.89. The number of carboxylic acids is 4. The summed E-state index contributed by atoms with van der Waals surface area (Å²) in [6.45, 7) is -1.05. The third kappa shape index (κ3) is 19.7. The number of nitrogens with one attached hydrogen (secondary N) is 1. The molecule has 0 aromatic heterocycles. The van der Waals surface area contributed by atoms with Crippen molar-refractivity contribution in [1.82, 2.24) is 24.9 Å². The fourth-order valence-electron chi connectivity index (χ4n) is 3.33. The van der Waals surface area contributed by atoms with Crippen LogP contribution in [0.4, 0.5) is 0 Å². The Morgan fingerprint density at radius 2 is 0.892 bits per heavy atom. The van der Waals surface area contributed by atoms with Crippen molar-refractivity contribution in [2.24, 2.45) is 5.73 Å². The standard InChI is InChI=1S/C21H38N6O10/c1-16(28)10-26(14-20(34)35)8-6-24(12-18(30)31)4-5-25(13-19(32)33)7-9-27(15-21(36)37)11-17(29)23-3-2-22/h2-15,22H2,1H3,(H,23,29)(H,30,31)(H,32,33)(H,34,35)(H,36,37)/p-4. The van der Waals surface area contributed by atoms with Crippen LogP contribution < -0.4 is 31.5 Å². The number of nitrogens with zero attached hydrogens (tertiary/aromatic N) is 4. The van der Waals surface area contributed by atoms with Gasteiger partial charge in [0.25, 0.3) is 0 Å². The molecule has 0 aromatic carbocycles. The lowest BCUT2D eigenvalue weighted by Crippen LogP contribution is -2.50. The van der Waals surface area contributed by atoms with E-state index >= 15 is 0 Å². The van der Waals surface area contributed by atoms with Gasteiger partial charge in [-0.1, -0.05) is 0 Å². The van der Waals surface area contributed by atoms with E-state index in [1.54, 1.807) is 0 Å². The summed E-state index contributed by atoms with van der Waals surface area (Å²) in [6, 6.07) is 0. The van der Waals surface area contributed by atoms with Gasteiger partial charge < -0.3 is 50.7 Å². The Morgan fingerprint density at radius 1 is 0.568 bits per heavy atom. The number of carbonyl (C=O) groups is 6.